The fraction of sp³-hybridized carbons (Fsp3) is 0.278. The largest absolute Gasteiger partial charge is 0.493 e. The number of methoxy groups -OCH3 is 2. The van der Waals surface area contributed by atoms with Crippen molar-refractivity contribution in [1.82, 2.24) is 5.32 Å². The van der Waals surface area contributed by atoms with Crippen LogP contribution in [0.1, 0.15) is 11.1 Å². The third kappa shape index (κ3) is 5.15. The molecule has 1 amide bonds. The molecule has 6 heteroatoms. The van der Waals surface area contributed by atoms with Crippen molar-refractivity contribution in [3.8, 4) is 11.5 Å². The number of nitrogens with one attached hydrogen (secondary N) is 1. The van der Waals surface area contributed by atoms with E-state index in [-0.39, 0.29) is 18.3 Å². The van der Waals surface area contributed by atoms with Crippen molar-refractivity contribution < 1.29 is 14.3 Å². The Morgan fingerprint density at radius 3 is 2.42 bits per heavy atom. The van der Waals surface area contributed by atoms with Crippen LogP contribution in [0.2, 0.25) is 0 Å². The number of ether oxygens (including phenoxy) is 2. The monoisotopic (exact) mass is 350 g/mol. The molecule has 24 heavy (non-hydrogen) atoms. The van der Waals surface area contributed by atoms with Crippen molar-refractivity contribution in [2.24, 2.45) is 5.73 Å². The molecule has 2 aromatic rings. The van der Waals surface area contributed by atoms with Crippen LogP contribution in [0, 0.1) is 0 Å². The van der Waals surface area contributed by atoms with Gasteiger partial charge in [0, 0.05) is 12.1 Å². The molecule has 0 spiro atoms. The van der Waals surface area contributed by atoms with Crippen molar-refractivity contribution in [3.05, 3.63) is 59.7 Å². The van der Waals surface area contributed by atoms with Crippen molar-refractivity contribution in [2.75, 3.05) is 14.2 Å². The number of benzene rings is 2. The summed E-state index contributed by atoms with van der Waals surface area (Å²) in [5.74, 6) is 1.05. The molecule has 130 valence electrons. The predicted octanol–water partition coefficient (Wildman–Crippen LogP) is 2.31. The molecule has 1 atom stereocenters. The standard InChI is InChI=1S/C18H22N2O3.ClH/c1-22-16-10-6-9-14(17(16)23-2)12-20-18(21)15(19)11-13-7-4-3-5-8-13;/h3-10,15H,11-12,19H2,1-2H3,(H,20,21);1H. The van der Waals surface area contributed by atoms with Crippen LogP contribution in [0.4, 0.5) is 0 Å². The fourth-order valence-electron chi connectivity index (χ4n) is 2.37. The van der Waals surface area contributed by atoms with Crippen LogP contribution < -0.4 is 20.5 Å². The molecule has 0 aliphatic heterocycles. The van der Waals surface area contributed by atoms with Crippen molar-refractivity contribution >= 4 is 18.3 Å². The van der Waals surface area contributed by atoms with Gasteiger partial charge in [-0.2, -0.15) is 0 Å². The van der Waals surface area contributed by atoms with E-state index in [1.165, 1.54) is 0 Å². The van der Waals surface area contributed by atoms with Gasteiger partial charge in [-0.1, -0.05) is 42.5 Å². The lowest BCUT2D eigenvalue weighted by Gasteiger charge is -2.15. The van der Waals surface area contributed by atoms with Crippen LogP contribution in [0.3, 0.4) is 0 Å². The maximum absolute atomic E-state index is 12.2. The van der Waals surface area contributed by atoms with E-state index in [0.717, 1.165) is 11.1 Å². The first kappa shape index (κ1) is 19.8. The summed E-state index contributed by atoms with van der Waals surface area (Å²) in [7, 11) is 3.15. The summed E-state index contributed by atoms with van der Waals surface area (Å²) in [4.78, 5) is 12.2. The molecule has 0 aliphatic carbocycles. The molecule has 0 heterocycles. The van der Waals surface area contributed by atoms with Crippen molar-refractivity contribution in [1.29, 1.82) is 0 Å². The molecule has 0 saturated heterocycles. The Labute approximate surface area is 148 Å². The van der Waals surface area contributed by atoms with Gasteiger partial charge in [0.05, 0.1) is 20.3 Å². The molecule has 0 aliphatic rings. The zero-order valence-electron chi connectivity index (χ0n) is 13.8. The van der Waals surface area contributed by atoms with Crippen LogP contribution in [0.5, 0.6) is 11.5 Å². The maximum atomic E-state index is 12.2. The average Bonchev–Trinajstić information content (AvgIpc) is 2.59. The Balaban J connectivity index is 0.00000288. The molecule has 2 rings (SSSR count). The van der Waals surface area contributed by atoms with Gasteiger partial charge in [0.25, 0.3) is 0 Å². The molecule has 0 aromatic heterocycles. The topological polar surface area (TPSA) is 73.6 Å². The minimum Gasteiger partial charge on any atom is -0.493 e. The van der Waals surface area contributed by atoms with Gasteiger partial charge in [-0.05, 0) is 18.1 Å². The third-order valence-corrected chi connectivity index (χ3v) is 3.57. The molecule has 3 N–H and O–H groups in total. The summed E-state index contributed by atoms with van der Waals surface area (Å²) in [5.41, 5.74) is 7.85. The maximum Gasteiger partial charge on any atom is 0.237 e. The zero-order valence-corrected chi connectivity index (χ0v) is 14.6. The Morgan fingerprint density at radius 1 is 1.08 bits per heavy atom. The molecular formula is C18H23ClN2O3. The number of hydrogen-bond donors (Lipinski definition) is 2. The smallest absolute Gasteiger partial charge is 0.237 e. The SMILES string of the molecule is COc1cccc(CNC(=O)C(N)Cc2ccccc2)c1OC.Cl. The molecule has 0 radical (unpaired) electrons. The van der Waals surface area contributed by atoms with Crippen LogP contribution >= 0.6 is 12.4 Å². The van der Waals surface area contributed by atoms with Crippen LogP contribution in [0.25, 0.3) is 0 Å². The summed E-state index contributed by atoms with van der Waals surface area (Å²) in [6.07, 6.45) is 0.502. The number of nitrogens with two attached hydrogens (primary N) is 1. The number of para-hydroxylation sites is 1. The second kappa shape index (κ2) is 9.80. The normalized spacial score (nSPS) is 11.1. The number of amides is 1. The first-order valence-electron chi connectivity index (χ1n) is 7.42. The fourth-order valence-corrected chi connectivity index (χ4v) is 2.37. The highest BCUT2D eigenvalue weighted by Crippen LogP contribution is 2.30. The minimum absolute atomic E-state index is 0. The van der Waals surface area contributed by atoms with Gasteiger partial charge in [0.1, 0.15) is 0 Å². The molecule has 1 unspecified atom stereocenters. The second-order valence-corrected chi connectivity index (χ2v) is 5.17. The van der Waals surface area contributed by atoms with E-state index in [1.54, 1.807) is 14.2 Å². The van der Waals surface area contributed by atoms with E-state index in [4.69, 9.17) is 15.2 Å². The average molecular weight is 351 g/mol. The van der Waals surface area contributed by atoms with Gasteiger partial charge >= 0.3 is 0 Å². The number of hydrogen-bond acceptors (Lipinski definition) is 4. The van der Waals surface area contributed by atoms with Gasteiger partial charge in [-0.3, -0.25) is 4.79 Å². The second-order valence-electron chi connectivity index (χ2n) is 5.17. The molecule has 5 nitrogen and oxygen atoms in total. The summed E-state index contributed by atoms with van der Waals surface area (Å²) in [5, 5.41) is 2.85. The van der Waals surface area contributed by atoms with Gasteiger partial charge in [0.15, 0.2) is 11.5 Å². The summed E-state index contributed by atoms with van der Waals surface area (Å²) >= 11 is 0. The van der Waals surface area contributed by atoms with E-state index >= 15 is 0 Å². The van der Waals surface area contributed by atoms with E-state index in [1.807, 2.05) is 48.5 Å². The third-order valence-electron chi connectivity index (χ3n) is 3.57. The first-order chi connectivity index (χ1) is 11.2. The quantitative estimate of drug-likeness (QED) is 0.803. The highest BCUT2D eigenvalue weighted by Gasteiger charge is 2.15. The lowest BCUT2D eigenvalue weighted by Crippen LogP contribution is -2.41. The number of rotatable bonds is 7. The zero-order chi connectivity index (χ0) is 16.7. The summed E-state index contributed by atoms with van der Waals surface area (Å²) < 4.78 is 10.6. The van der Waals surface area contributed by atoms with Gasteiger partial charge in [0.2, 0.25) is 5.91 Å². The van der Waals surface area contributed by atoms with Gasteiger partial charge in [-0.25, -0.2) is 0 Å². The number of halogens is 1. The van der Waals surface area contributed by atoms with E-state index in [9.17, 15) is 4.79 Å². The number of carbonyl (C=O) groups is 1. The molecule has 0 fully saturated rings. The van der Waals surface area contributed by atoms with Crippen molar-refractivity contribution in [2.45, 2.75) is 19.0 Å². The lowest BCUT2D eigenvalue weighted by molar-refractivity contribution is -0.122. The van der Waals surface area contributed by atoms with E-state index in [0.29, 0.717) is 24.5 Å². The summed E-state index contributed by atoms with van der Waals surface area (Å²) in [6, 6.07) is 14.7. The lowest BCUT2D eigenvalue weighted by atomic mass is 10.1. The van der Waals surface area contributed by atoms with Crippen LogP contribution in [-0.4, -0.2) is 26.2 Å². The van der Waals surface area contributed by atoms with Crippen LogP contribution in [-0.2, 0) is 17.8 Å². The predicted molar refractivity (Wildman–Crippen MR) is 96.8 cm³/mol. The number of carbonyl (C=O) groups excluding carboxylic acids is 1. The van der Waals surface area contributed by atoms with E-state index in [2.05, 4.69) is 5.32 Å². The first-order valence-corrected chi connectivity index (χ1v) is 7.42. The Bertz CT molecular complexity index is 650. The minimum atomic E-state index is -0.589. The molecular weight excluding hydrogens is 328 g/mol. The van der Waals surface area contributed by atoms with Gasteiger partial charge in [-0.15, -0.1) is 12.4 Å². The molecule has 0 bridgehead atoms. The van der Waals surface area contributed by atoms with Gasteiger partial charge < -0.3 is 20.5 Å². The highest BCUT2D eigenvalue weighted by atomic mass is 35.5. The molecule has 2 aromatic carbocycles. The van der Waals surface area contributed by atoms with Crippen LogP contribution in [0.15, 0.2) is 48.5 Å². The Kier molecular flexibility index (Phi) is 8.09. The molecule has 0 saturated carbocycles. The van der Waals surface area contributed by atoms with E-state index < -0.39 is 6.04 Å². The summed E-state index contributed by atoms with van der Waals surface area (Å²) in [6.45, 7) is 0.335. The highest BCUT2D eigenvalue weighted by molar-refractivity contribution is 5.85. The Hall–Kier alpha value is -2.24. The van der Waals surface area contributed by atoms with Crippen molar-refractivity contribution in [3.63, 3.8) is 0 Å². The Morgan fingerprint density at radius 2 is 1.79 bits per heavy atom.